The number of nitrogens with one attached hydrogen (secondary N) is 1. The molecule has 2 aliphatic heterocycles. The van der Waals surface area contributed by atoms with Crippen molar-refractivity contribution in [1.82, 2.24) is 20.2 Å². The first-order valence-electron chi connectivity index (χ1n) is 10.2. The van der Waals surface area contributed by atoms with Gasteiger partial charge in [0.25, 0.3) is 6.01 Å². The Hall–Kier alpha value is -2.64. The van der Waals surface area contributed by atoms with Gasteiger partial charge in [0.2, 0.25) is 17.5 Å². The van der Waals surface area contributed by atoms with E-state index in [1.165, 1.54) is 0 Å². The molecule has 8 nitrogen and oxygen atoms in total. The van der Waals surface area contributed by atoms with Gasteiger partial charge in [-0.3, -0.25) is 9.59 Å². The molecule has 2 aromatic rings. The lowest BCUT2D eigenvalue weighted by Crippen LogP contribution is -2.38. The van der Waals surface area contributed by atoms with Crippen molar-refractivity contribution in [3.63, 3.8) is 0 Å². The van der Waals surface area contributed by atoms with Gasteiger partial charge in [0.1, 0.15) is 0 Å². The number of rotatable bonds is 7. The van der Waals surface area contributed by atoms with E-state index in [9.17, 15) is 9.59 Å². The number of oxazole rings is 1. The van der Waals surface area contributed by atoms with Crippen molar-refractivity contribution in [1.29, 1.82) is 0 Å². The topological polar surface area (TPSA) is 91.6 Å². The van der Waals surface area contributed by atoms with Gasteiger partial charge in [-0.05, 0) is 43.7 Å². The van der Waals surface area contributed by atoms with Gasteiger partial charge in [-0.1, -0.05) is 0 Å². The molecule has 0 aliphatic carbocycles. The number of carbonyl (C=O) groups is 2. The maximum Gasteiger partial charge on any atom is 0.299 e. The highest BCUT2D eigenvalue weighted by Gasteiger charge is 2.25. The standard InChI is InChI=1S/C20H27N5O3/c26-17(21-9-4-12-24-10-3-7-18(24)27)13-15-5-2-11-25(14-15)20-23-19-16(28-20)6-1-8-22-19/h1,6,8,15H,2-5,7,9-14H2,(H,21,26). The first kappa shape index (κ1) is 18.7. The quantitative estimate of drug-likeness (QED) is 0.733. The van der Waals surface area contributed by atoms with Gasteiger partial charge < -0.3 is 19.5 Å². The highest BCUT2D eigenvalue weighted by molar-refractivity contribution is 5.78. The summed E-state index contributed by atoms with van der Waals surface area (Å²) in [5.74, 6) is 0.610. The molecule has 0 saturated carbocycles. The lowest BCUT2D eigenvalue weighted by Gasteiger charge is -2.31. The molecule has 1 atom stereocenters. The van der Waals surface area contributed by atoms with E-state index in [0.717, 1.165) is 51.9 Å². The van der Waals surface area contributed by atoms with Crippen LogP contribution in [0.5, 0.6) is 0 Å². The molecule has 150 valence electrons. The smallest absolute Gasteiger partial charge is 0.299 e. The van der Waals surface area contributed by atoms with E-state index < -0.39 is 0 Å². The van der Waals surface area contributed by atoms with Gasteiger partial charge in [-0.25, -0.2) is 4.98 Å². The summed E-state index contributed by atoms with van der Waals surface area (Å²) in [6.45, 7) is 3.87. The molecule has 4 rings (SSSR count). The van der Waals surface area contributed by atoms with Gasteiger partial charge in [-0.15, -0.1) is 0 Å². The Morgan fingerprint density at radius 3 is 3.07 bits per heavy atom. The second-order valence-corrected chi connectivity index (χ2v) is 7.67. The number of likely N-dealkylation sites (tertiary alicyclic amines) is 1. The molecule has 0 radical (unpaired) electrons. The highest BCUT2D eigenvalue weighted by Crippen LogP contribution is 2.26. The van der Waals surface area contributed by atoms with Crippen LogP contribution >= 0.6 is 0 Å². The van der Waals surface area contributed by atoms with Crippen molar-refractivity contribution < 1.29 is 14.0 Å². The second kappa shape index (κ2) is 8.58. The number of fused-ring (bicyclic) bond motifs is 1. The van der Waals surface area contributed by atoms with Crippen LogP contribution in [0.4, 0.5) is 6.01 Å². The summed E-state index contributed by atoms with van der Waals surface area (Å²) in [5.41, 5.74) is 1.31. The summed E-state index contributed by atoms with van der Waals surface area (Å²) in [7, 11) is 0. The van der Waals surface area contributed by atoms with Crippen molar-refractivity contribution in [2.75, 3.05) is 37.6 Å². The molecule has 4 heterocycles. The van der Waals surface area contributed by atoms with Crippen molar-refractivity contribution >= 4 is 29.1 Å². The Labute approximate surface area is 164 Å². The van der Waals surface area contributed by atoms with E-state index in [2.05, 4.69) is 20.2 Å². The fraction of sp³-hybridized carbons (Fsp3) is 0.600. The average molecular weight is 385 g/mol. The molecule has 8 heteroatoms. The summed E-state index contributed by atoms with van der Waals surface area (Å²) in [5, 5.41) is 3.00. The number of hydrogen-bond acceptors (Lipinski definition) is 6. The number of pyridine rings is 1. The third-order valence-corrected chi connectivity index (χ3v) is 5.52. The second-order valence-electron chi connectivity index (χ2n) is 7.67. The van der Waals surface area contributed by atoms with Crippen LogP contribution < -0.4 is 10.2 Å². The maximum absolute atomic E-state index is 12.3. The van der Waals surface area contributed by atoms with Crippen LogP contribution in [0.25, 0.3) is 11.2 Å². The number of amides is 2. The average Bonchev–Trinajstić information content (AvgIpc) is 3.31. The van der Waals surface area contributed by atoms with Crippen LogP contribution in [0.2, 0.25) is 0 Å². The number of anilines is 1. The van der Waals surface area contributed by atoms with Gasteiger partial charge in [0.15, 0.2) is 5.58 Å². The number of carbonyl (C=O) groups excluding carboxylic acids is 2. The molecule has 0 spiro atoms. The highest BCUT2D eigenvalue weighted by atomic mass is 16.4. The maximum atomic E-state index is 12.3. The lowest BCUT2D eigenvalue weighted by atomic mass is 9.94. The summed E-state index contributed by atoms with van der Waals surface area (Å²) in [6, 6.07) is 4.29. The minimum atomic E-state index is 0.0823. The molecular formula is C20H27N5O3. The minimum Gasteiger partial charge on any atom is -0.422 e. The number of piperidine rings is 1. The Balaban J connectivity index is 1.22. The minimum absolute atomic E-state index is 0.0823. The van der Waals surface area contributed by atoms with Crippen LogP contribution in [-0.4, -0.2) is 59.4 Å². The molecule has 28 heavy (non-hydrogen) atoms. The van der Waals surface area contributed by atoms with E-state index in [1.54, 1.807) is 6.20 Å². The number of aromatic nitrogens is 2. The summed E-state index contributed by atoms with van der Waals surface area (Å²) < 4.78 is 5.82. The van der Waals surface area contributed by atoms with Crippen molar-refractivity contribution in [2.24, 2.45) is 5.92 Å². The third kappa shape index (κ3) is 4.43. The van der Waals surface area contributed by atoms with Crippen LogP contribution in [0.3, 0.4) is 0 Å². The van der Waals surface area contributed by atoms with Crippen LogP contribution in [0, 0.1) is 5.92 Å². The van der Waals surface area contributed by atoms with E-state index in [0.29, 0.717) is 36.6 Å². The molecule has 1 N–H and O–H groups in total. The Bertz CT molecular complexity index is 803. The van der Waals surface area contributed by atoms with Crippen molar-refractivity contribution in [3.8, 4) is 0 Å². The number of nitrogens with zero attached hydrogens (tertiary/aromatic N) is 4. The molecule has 2 saturated heterocycles. The van der Waals surface area contributed by atoms with E-state index in [-0.39, 0.29) is 17.7 Å². The summed E-state index contributed by atoms with van der Waals surface area (Å²) in [4.78, 5) is 36.6. The third-order valence-electron chi connectivity index (χ3n) is 5.52. The molecule has 2 aromatic heterocycles. The predicted octanol–water partition coefficient (Wildman–Crippen LogP) is 1.96. The lowest BCUT2D eigenvalue weighted by molar-refractivity contribution is -0.127. The normalized spacial score (nSPS) is 20.1. The van der Waals surface area contributed by atoms with E-state index in [4.69, 9.17) is 4.42 Å². The fourth-order valence-electron chi connectivity index (χ4n) is 4.07. The van der Waals surface area contributed by atoms with Gasteiger partial charge >= 0.3 is 0 Å². The largest absolute Gasteiger partial charge is 0.422 e. The zero-order valence-corrected chi connectivity index (χ0v) is 16.1. The van der Waals surface area contributed by atoms with E-state index >= 15 is 0 Å². The van der Waals surface area contributed by atoms with Crippen molar-refractivity contribution in [2.45, 2.75) is 38.5 Å². The van der Waals surface area contributed by atoms with Gasteiger partial charge in [0.05, 0.1) is 0 Å². The van der Waals surface area contributed by atoms with Gasteiger partial charge in [-0.2, -0.15) is 4.98 Å². The Morgan fingerprint density at radius 1 is 1.32 bits per heavy atom. The predicted molar refractivity (Wildman–Crippen MR) is 105 cm³/mol. The zero-order valence-electron chi connectivity index (χ0n) is 16.1. The molecule has 1 unspecified atom stereocenters. The van der Waals surface area contributed by atoms with Crippen LogP contribution in [0.1, 0.15) is 38.5 Å². The molecule has 2 amide bonds. The monoisotopic (exact) mass is 385 g/mol. The Morgan fingerprint density at radius 2 is 2.25 bits per heavy atom. The molecule has 2 fully saturated rings. The molecule has 0 bridgehead atoms. The molecule has 2 aliphatic rings. The zero-order chi connectivity index (χ0) is 19.3. The van der Waals surface area contributed by atoms with Crippen molar-refractivity contribution in [3.05, 3.63) is 18.3 Å². The SMILES string of the molecule is O=C(CC1CCCN(c2nc3ncccc3o2)C1)NCCCN1CCCC1=O. The first-order valence-corrected chi connectivity index (χ1v) is 10.2. The van der Waals surface area contributed by atoms with E-state index in [1.807, 2.05) is 17.0 Å². The van der Waals surface area contributed by atoms with Crippen LogP contribution in [0.15, 0.2) is 22.7 Å². The number of hydrogen-bond donors (Lipinski definition) is 1. The molecular weight excluding hydrogens is 358 g/mol. The van der Waals surface area contributed by atoms with Crippen LogP contribution in [-0.2, 0) is 9.59 Å². The molecule has 0 aromatic carbocycles. The summed E-state index contributed by atoms with van der Waals surface area (Å²) >= 11 is 0. The first-order chi connectivity index (χ1) is 13.7. The Kier molecular flexibility index (Phi) is 5.73. The summed E-state index contributed by atoms with van der Waals surface area (Å²) in [6.07, 6.45) is 6.70. The fourth-order valence-corrected chi connectivity index (χ4v) is 4.07. The van der Waals surface area contributed by atoms with Gasteiger partial charge in [0, 0.05) is 51.8 Å².